The van der Waals surface area contributed by atoms with E-state index in [9.17, 15) is 19.2 Å². The van der Waals surface area contributed by atoms with Gasteiger partial charge < -0.3 is 20.8 Å². The van der Waals surface area contributed by atoms with Crippen LogP contribution in [0, 0.1) is 0 Å². The number of ketones is 2. The minimum Gasteiger partial charge on any atom is -0.478 e. The van der Waals surface area contributed by atoms with Gasteiger partial charge in [-0.3, -0.25) is 9.59 Å². The molecule has 0 atom stereocenters. The first kappa shape index (κ1) is 24.4. The van der Waals surface area contributed by atoms with Gasteiger partial charge in [0, 0.05) is 46.7 Å². The van der Waals surface area contributed by atoms with E-state index >= 15 is 0 Å². The maximum absolute atomic E-state index is 13.4. The van der Waals surface area contributed by atoms with Crippen molar-refractivity contribution < 1.29 is 29.4 Å². The van der Waals surface area contributed by atoms with Crippen molar-refractivity contribution in [1.82, 2.24) is 0 Å². The van der Waals surface area contributed by atoms with Gasteiger partial charge in [-0.1, -0.05) is 36.4 Å². The Balaban J connectivity index is 1.91. The second-order valence-corrected chi connectivity index (χ2v) is 7.93. The maximum atomic E-state index is 13.4. The molecule has 176 valence electrons. The summed E-state index contributed by atoms with van der Waals surface area (Å²) in [5.41, 5.74) is 2.66. The number of hydrogen-bond donors (Lipinski definition) is 4. The molecule has 0 radical (unpaired) electrons. The normalized spacial score (nSPS) is 13.2. The molecule has 1 aliphatic rings. The highest BCUT2D eigenvalue weighted by molar-refractivity contribution is 6.31. The second-order valence-electron chi connectivity index (χ2n) is 7.93. The predicted octanol–water partition coefficient (Wildman–Crippen LogP) is 4.13. The third-order valence-electron chi connectivity index (χ3n) is 5.57. The van der Waals surface area contributed by atoms with Crippen molar-refractivity contribution in [3.8, 4) is 0 Å². The quantitative estimate of drug-likeness (QED) is 0.261. The molecule has 2 aromatic carbocycles. The van der Waals surface area contributed by atoms with Crippen molar-refractivity contribution in [2.24, 2.45) is 0 Å². The zero-order chi connectivity index (χ0) is 24.8. The number of carboxylic acid groups (broad SMARTS) is 2. The fourth-order valence-electron chi connectivity index (χ4n) is 3.68. The van der Waals surface area contributed by atoms with Crippen molar-refractivity contribution >= 4 is 34.9 Å². The third-order valence-corrected chi connectivity index (χ3v) is 5.57. The van der Waals surface area contributed by atoms with Crippen molar-refractivity contribution in [3.63, 3.8) is 0 Å². The van der Waals surface area contributed by atoms with E-state index in [4.69, 9.17) is 10.2 Å². The first-order chi connectivity index (χ1) is 16.2. The molecule has 0 bridgehead atoms. The SMILES string of the molecule is CC(=CCCNc1ccc(NCCC=C(C)C(=O)O)c2c1C(=O)c1ccccc1C2=O)C(=O)O. The average molecular weight is 463 g/mol. The summed E-state index contributed by atoms with van der Waals surface area (Å²) in [4.78, 5) is 48.6. The van der Waals surface area contributed by atoms with E-state index in [0.717, 1.165) is 0 Å². The van der Waals surface area contributed by atoms with Gasteiger partial charge in [0.05, 0.1) is 11.1 Å². The molecular formula is C26H26N2O6. The molecule has 0 spiro atoms. The van der Waals surface area contributed by atoms with E-state index in [1.807, 2.05) is 0 Å². The molecule has 0 unspecified atom stereocenters. The monoisotopic (exact) mass is 462 g/mol. The lowest BCUT2D eigenvalue weighted by molar-refractivity contribution is -0.133. The van der Waals surface area contributed by atoms with Crippen LogP contribution in [0.3, 0.4) is 0 Å². The van der Waals surface area contributed by atoms with Crippen LogP contribution >= 0.6 is 0 Å². The van der Waals surface area contributed by atoms with Crippen molar-refractivity contribution in [2.75, 3.05) is 23.7 Å². The van der Waals surface area contributed by atoms with Crippen LogP contribution in [0.1, 0.15) is 58.5 Å². The largest absolute Gasteiger partial charge is 0.478 e. The highest BCUT2D eigenvalue weighted by atomic mass is 16.4. The Morgan fingerprint density at radius 3 is 1.47 bits per heavy atom. The van der Waals surface area contributed by atoms with Crippen LogP contribution in [0.2, 0.25) is 0 Å². The Hall–Kier alpha value is -4.20. The number of aliphatic carboxylic acids is 2. The lowest BCUT2D eigenvalue weighted by Crippen LogP contribution is -2.24. The number of anilines is 2. The number of rotatable bonds is 10. The molecule has 2 aromatic rings. The minimum absolute atomic E-state index is 0.232. The molecule has 0 heterocycles. The highest BCUT2D eigenvalue weighted by Crippen LogP contribution is 2.36. The van der Waals surface area contributed by atoms with Gasteiger partial charge in [0.25, 0.3) is 0 Å². The van der Waals surface area contributed by atoms with E-state index in [0.29, 0.717) is 48.4 Å². The van der Waals surface area contributed by atoms with Gasteiger partial charge in [-0.15, -0.1) is 0 Å². The maximum Gasteiger partial charge on any atom is 0.330 e. The first-order valence-corrected chi connectivity index (χ1v) is 10.9. The van der Waals surface area contributed by atoms with Crippen LogP contribution in [0.4, 0.5) is 11.4 Å². The molecule has 3 rings (SSSR count). The van der Waals surface area contributed by atoms with Gasteiger partial charge >= 0.3 is 11.9 Å². The predicted molar refractivity (Wildman–Crippen MR) is 129 cm³/mol. The summed E-state index contributed by atoms with van der Waals surface area (Å²) in [6, 6.07) is 10.1. The first-order valence-electron chi connectivity index (χ1n) is 10.9. The van der Waals surface area contributed by atoms with E-state index in [2.05, 4.69) is 10.6 Å². The summed E-state index contributed by atoms with van der Waals surface area (Å²) >= 11 is 0. The van der Waals surface area contributed by atoms with Crippen LogP contribution in [0.5, 0.6) is 0 Å². The summed E-state index contributed by atoms with van der Waals surface area (Å²) in [5.74, 6) is -2.51. The summed E-state index contributed by atoms with van der Waals surface area (Å²) in [7, 11) is 0. The lowest BCUT2D eigenvalue weighted by atomic mass is 9.82. The van der Waals surface area contributed by atoms with E-state index < -0.39 is 11.9 Å². The smallest absolute Gasteiger partial charge is 0.330 e. The third kappa shape index (κ3) is 5.23. The number of carbonyl (C=O) groups is 4. The molecule has 4 N–H and O–H groups in total. The highest BCUT2D eigenvalue weighted by Gasteiger charge is 2.33. The standard InChI is InChI=1S/C26H26N2O6/c1-15(25(31)32)7-5-13-27-19-11-12-20(28-14-6-8-16(2)26(33)34)22-21(19)23(29)17-9-3-4-10-18(17)24(22)30/h3-4,7-12,27-28H,5-6,13-14H2,1-2H3,(H,31,32)(H,33,34). The van der Waals surface area contributed by atoms with Gasteiger partial charge in [-0.05, 0) is 38.8 Å². The lowest BCUT2D eigenvalue weighted by Gasteiger charge is -2.23. The number of carboxylic acids is 2. The molecule has 0 saturated carbocycles. The van der Waals surface area contributed by atoms with Crippen LogP contribution < -0.4 is 10.6 Å². The Labute approximate surface area is 197 Å². The fraction of sp³-hybridized carbons (Fsp3) is 0.231. The molecule has 8 heteroatoms. The fourth-order valence-corrected chi connectivity index (χ4v) is 3.68. The summed E-state index contributed by atoms with van der Waals surface area (Å²) in [6.45, 7) is 3.78. The molecule has 0 saturated heterocycles. The van der Waals surface area contributed by atoms with Crippen LogP contribution in [-0.2, 0) is 9.59 Å². The summed E-state index contributed by atoms with van der Waals surface area (Å²) in [5, 5.41) is 24.3. The number of fused-ring (bicyclic) bond motifs is 2. The number of hydrogen-bond acceptors (Lipinski definition) is 6. The Morgan fingerprint density at radius 2 is 1.12 bits per heavy atom. The molecule has 8 nitrogen and oxygen atoms in total. The average Bonchev–Trinajstić information content (AvgIpc) is 2.82. The number of benzene rings is 2. The van der Waals surface area contributed by atoms with Crippen LogP contribution in [-0.4, -0.2) is 46.8 Å². The minimum atomic E-state index is -0.987. The van der Waals surface area contributed by atoms with Gasteiger partial charge in [0.1, 0.15) is 0 Å². The molecule has 0 amide bonds. The molecule has 1 aliphatic carbocycles. The molecule has 34 heavy (non-hydrogen) atoms. The number of carbonyl (C=O) groups excluding carboxylic acids is 2. The van der Waals surface area contributed by atoms with Crippen molar-refractivity contribution in [2.45, 2.75) is 26.7 Å². The van der Waals surface area contributed by atoms with Crippen LogP contribution in [0.15, 0.2) is 59.7 Å². The molecule has 0 aliphatic heterocycles. The van der Waals surface area contributed by atoms with Crippen LogP contribution in [0.25, 0.3) is 0 Å². The Morgan fingerprint density at radius 1 is 0.735 bits per heavy atom. The van der Waals surface area contributed by atoms with Gasteiger partial charge in [-0.2, -0.15) is 0 Å². The topological polar surface area (TPSA) is 133 Å². The zero-order valence-electron chi connectivity index (χ0n) is 19.0. The van der Waals surface area contributed by atoms with E-state index in [-0.39, 0.29) is 33.8 Å². The van der Waals surface area contributed by atoms with Gasteiger partial charge in [0.2, 0.25) is 0 Å². The summed E-state index contributed by atoms with van der Waals surface area (Å²) in [6.07, 6.45) is 4.04. The molecule has 0 fully saturated rings. The van der Waals surface area contributed by atoms with Crippen molar-refractivity contribution in [1.29, 1.82) is 0 Å². The van der Waals surface area contributed by atoms with E-state index in [1.165, 1.54) is 13.8 Å². The molecule has 0 aromatic heterocycles. The second kappa shape index (κ2) is 10.6. The Bertz CT molecular complexity index is 1130. The number of nitrogens with one attached hydrogen (secondary N) is 2. The van der Waals surface area contributed by atoms with Crippen molar-refractivity contribution in [3.05, 3.63) is 82.0 Å². The van der Waals surface area contributed by atoms with E-state index in [1.54, 1.807) is 48.6 Å². The van der Waals surface area contributed by atoms with Gasteiger partial charge in [-0.25, -0.2) is 9.59 Å². The summed E-state index contributed by atoms with van der Waals surface area (Å²) < 4.78 is 0. The zero-order valence-corrected chi connectivity index (χ0v) is 19.0. The molecular weight excluding hydrogens is 436 g/mol. The Kier molecular flexibility index (Phi) is 7.63. The van der Waals surface area contributed by atoms with Gasteiger partial charge in [0.15, 0.2) is 11.6 Å².